The van der Waals surface area contributed by atoms with E-state index in [-0.39, 0.29) is 18.9 Å². The Morgan fingerprint density at radius 2 is 1.88 bits per heavy atom. The Bertz CT molecular complexity index is 842. The second-order valence-corrected chi connectivity index (χ2v) is 7.02. The van der Waals surface area contributed by atoms with Gasteiger partial charge in [0.25, 0.3) is 5.91 Å². The minimum absolute atomic E-state index is 0.0874. The number of aryl methyl sites for hydroxylation is 1. The second-order valence-electron chi connectivity index (χ2n) is 6.10. The fourth-order valence-electron chi connectivity index (χ4n) is 3.17. The highest BCUT2D eigenvalue weighted by molar-refractivity contribution is 9.10. The molecule has 2 heterocycles. The highest BCUT2D eigenvalue weighted by Crippen LogP contribution is 2.38. The molecule has 2 atom stereocenters. The maximum Gasteiger partial charge on any atom is 0.291 e. The van der Waals surface area contributed by atoms with E-state index in [0.717, 1.165) is 4.47 Å². The summed E-state index contributed by atoms with van der Waals surface area (Å²) in [5.41, 5.74) is 0.713. The van der Waals surface area contributed by atoms with Gasteiger partial charge in [0.2, 0.25) is 11.6 Å². The summed E-state index contributed by atoms with van der Waals surface area (Å²) >= 11 is 3.37. The fraction of sp³-hybridized carbons (Fsp3) is 0.316. The van der Waals surface area contributed by atoms with Crippen LogP contribution in [0.15, 0.2) is 45.3 Å². The smallest absolute Gasteiger partial charge is 0.291 e. The van der Waals surface area contributed by atoms with Gasteiger partial charge in [-0.25, -0.2) is 0 Å². The summed E-state index contributed by atoms with van der Waals surface area (Å²) in [4.78, 5) is 39.6. The molecule has 6 nitrogen and oxygen atoms in total. The molecule has 1 aromatic heterocycles. The van der Waals surface area contributed by atoms with Crippen molar-refractivity contribution in [2.75, 3.05) is 20.3 Å². The molecule has 0 N–H and O–H groups in total. The van der Waals surface area contributed by atoms with Crippen molar-refractivity contribution < 1.29 is 23.5 Å². The third kappa shape index (κ3) is 3.37. The Kier molecular flexibility index (Phi) is 5.38. The van der Waals surface area contributed by atoms with E-state index in [1.54, 1.807) is 25.1 Å². The minimum atomic E-state index is -1.13. The van der Waals surface area contributed by atoms with E-state index in [2.05, 4.69) is 15.9 Å². The molecule has 1 amide bonds. The van der Waals surface area contributed by atoms with Crippen LogP contribution in [0.25, 0.3) is 0 Å². The normalized spacial score (nSPS) is 20.0. The molecule has 0 radical (unpaired) electrons. The van der Waals surface area contributed by atoms with Crippen LogP contribution >= 0.6 is 15.9 Å². The van der Waals surface area contributed by atoms with Gasteiger partial charge in [-0.3, -0.25) is 14.4 Å². The molecule has 3 rings (SSSR count). The molecule has 0 saturated carbocycles. The molecule has 1 fully saturated rings. The van der Waals surface area contributed by atoms with Gasteiger partial charge in [0.1, 0.15) is 11.7 Å². The monoisotopic (exact) mass is 419 g/mol. The van der Waals surface area contributed by atoms with E-state index in [0.29, 0.717) is 11.3 Å². The molecule has 136 valence electrons. The maximum atomic E-state index is 13.0. The number of likely N-dealkylation sites (tertiary alicyclic amines) is 1. The minimum Gasteiger partial charge on any atom is -0.458 e. The van der Waals surface area contributed by atoms with Crippen molar-refractivity contribution in [3.63, 3.8) is 0 Å². The maximum absolute atomic E-state index is 13.0. The number of rotatable bonds is 6. The van der Waals surface area contributed by atoms with Crippen LogP contribution in [0, 0.1) is 12.8 Å². The summed E-state index contributed by atoms with van der Waals surface area (Å²) in [6, 6.07) is 9.74. The summed E-state index contributed by atoms with van der Waals surface area (Å²) in [5.74, 6) is -2.34. The van der Waals surface area contributed by atoms with Crippen LogP contribution in [-0.4, -0.2) is 42.6 Å². The summed E-state index contributed by atoms with van der Waals surface area (Å²) in [6.07, 6.45) is 0. The zero-order valence-electron chi connectivity index (χ0n) is 14.4. The highest BCUT2D eigenvalue weighted by Gasteiger charge is 2.52. The largest absolute Gasteiger partial charge is 0.458 e. The van der Waals surface area contributed by atoms with Gasteiger partial charge in [0.05, 0.1) is 12.6 Å². The number of Topliss-reactive ketones (excluding diaryl/α,β-unsaturated/α-hetero) is 2. The van der Waals surface area contributed by atoms with E-state index in [4.69, 9.17) is 9.15 Å². The Balaban J connectivity index is 2.03. The topological polar surface area (TPSA) is 76.8 Å². The van der Waals surface area contributed by atoms with Crippen molar-refractivity contribution in [2.24, 2.45) is 5.92 Å². The molecule has 7 heteroatoms. The van der Waals surface area contributed by atoms with E-state index in [9.17, 15) is 14.4 Å². The van der Waals surface area contributed by atoms with E-state index >= 15 is 0 Å². The molecule has 1 aromatic carbocycles. The van der Waals surface area contributed by atoms with Crippen LogP contribution in [0.3, 0.4) is 0 Å². The number of benzene rings is 1. The molecule has 1 saturated heterocycles. The van der Waals surface area contributed by atoms with Crippen molar-refractivity contribution in [3.05, 3.63) is 58.0 Å². The van der Waals surface area contributed by atoms with Crippen LogP contribution < -0.4 is 0 Å². The lowest BCUT2D eigenvalue weighted by molar-refractivity contribution is -0.141. The average Bonchev–Trinajstić information content (AvgIpc) is 3.16. The van der Waals surface area contributed by atoms with Crippen molar-refractivity contribution in [2.45, 2.75) is 13.0 Å². The Hall–Kier alpha value is -2.25. The van der Waals surface area contributed by atoms with Gasteiger partial charge in [0, 0.05) is 18.1 Å². The number of hydrogen-bond acceptors (Lipinski definition) is 5. The molecule has 26 heavy (non-hydrogen) atoms. The van der Waals surface area contributed by atoms with E-state index < -0.39 is 29.4 Å². The first-order valence-corrected chi connectivity index (χ1v) is 8.93. The standard InChI is InChI=1S/C19H18BrNO5/c1-11-3-8-14(26-11)17(22)15-16(12-4-6-13(20)7-5-12)21(9-10-25-2)19(24)18(15)23/h3-8,15-16H,9-10H2,1-2H3. The molecule has 0 spiro atoms. The lowest BCUT2D eigenvalue weighted by Gasteiger charge is -2.26. The number of methoxy groups -OCH3 is 1. The molecule has 0 aliphatic carbocycles. The molecule has 1 aliphatic heterocycles. The Labute approximate surface area is 159 Å². The predicted molar refractivity (Wildman–Crippen MR) is 96.7 cm³/mol. The number of ether oxygens (including phenoxy) is 1. The first-order valence-electron chi connectivity index (χ1n) is 8.14. The zero-order chi connectivity index (χ0) is 18.8. The quantitative estimate of drug-likeness (QED) is 0.408. The van der Waals surface area contributed by atoms with Crippen LogP contribution in [0.4, 0.5) is 0 Å². The number of carbonyl (C=O) groups is 3. The summed E-state index contributed by atoms with van der Waals surface area (Å²) in [7, 11) is 1.52. The number of amides is 1. The van der Waals surface area contributed by atoms with Gasteiger partial charge in [-0.1, -0.05) is 28.1 Å². The molecule has 1 aliphatic rings. The van der Waals surface area contributed by atoms with Crippen LogP contribution in [0.2, 0.25) is 0 Å². The third-order valence-electron chi connectivity index (χ3n) is 4.42. The van der Waals surface area contributed by atoms with Gasteiger partial charge in [-0.05, 0) is 36.8 Å². The Morgan fingerprint density at radius 3 is 2.46 bits per heavy atom. The number of carbonyl (C=O) groups excluding carboxylic acids is 3. The number of halogens is 1. The Morgan fingerprint density at radius 1 is 1.19 bits per heavy atom. The van der Waals surface area contributed by atoms with Crippen molar-refractivity contribution in [1.82, 2.24) is 4.90 Å². The van der Waals surface area contributed by atoms with Crippen molar-refractivity contribution in [3.8, 4) is 0 Å². The van der Waals surface area contributed by atoms with Gasteiger partial charge >= 0.3 is 0 Å². The highest BCUT2D eigenvalue weighted by atomic mass is 79.9. The number of hydrogen-bond donors (Lipinski definition) is 0. The first kappa shape index (κ1) is 18.5. The van der Waals surface area contributed by atoms with Crippen molar-refractivity contribution >= 4 is 33.4 Å². The summed E-state index contributed by atoms with van der Waals surface area (Å²) < 4.78 is 11.3. The molecule has 2 unspecified atom stereocenters. The van der Waals surface area contributed by atoms with Gasteiger partial charge in [-0.2, -0.15) is 0 Å². The first-order chi connectivity index (χ1) is 12.4. The number of furan rings is 1. The zero-order valence-corrected chi connectivity index (χ0v) is 16.0. The molecular formula is C19H18BrNO5. The fourth-order valence-corrected chi connectivity index (χ4v) is 3.43. The SMILES string of the molecule is COCCN1C(=O)C(=O)C(C(=O)c2ccc(C)o2)C1c1ccc(Br)cc1. The molecule has 0 bridgehead atoms. The van der Waals surface area contributed by atoms with E-state index in [1.165, 1.54) is 18.1 Å². The van der Waals surface area contributed by atoms with E-state index in [1.807, 2.05) is 12.1 Å². The predicted octanol–water partition coefficient (Wildman–Crippen LogP) is 2.95. The lowest BCUT2D eigenvalue weighted by Crippen LogP contribution is -2.33. The van der Waals surface area contributed by atoms with Gasteiger partial charge in [-0.15, -0.1) is 0 Å². The second kappa shape index (κ2) is 7.55. The van der Waals surface area contributed by atoms with Crippen molar-refractivity contribution in [1.29, 1.82) is 0 Å². The summed E-state index contributed by atoms with van der Waals surface area (Å²) in [5, 5.41) is 0. The van der Waals surface area contributed by atoms with Crippen LogP contribution in [0.5, 0.6) is 0 Å². The van der Waals surface area contributed by atoms with Crippen LogP contribution in [0.1, 0.15) is 27.9 Å². The molecule has 2 aromatic rings. The van der Waals surface area contributed by atoms with Crippen LogP contribution in [-0.2, 0) is 14.3 Å². The summed E-state index contributed by atoms with van der Waals surface area (Å²) in [6.45, 7) is 2.21. The number of nitrogens with zero attached hydrogens (tertiary/aromatic N) is 1. The third-order valence-corrected chi connectivity index (χ3v) is 4.95. The van der Waals surface area contributed by atoms with Gasteiger partial charge in [0.15, 0.2) is 5.76 Å². The lowest BCUT2D eigenvalue weighted by atomic mass is 9.88. The van der Waals surface area contributed by atoms with Gasteiger partial charge < -0.3 is 14.1 Å². The molecular weight excluding hydrogens is 402 g/mol. The average molecular weight is 420 g/mol. The number of ketones is 2.